The van der Waals surface area contributed by atoms with Gasteiger partial charge in [-0.2, -0.15) is 0 Å². The molecule has 0 atom stereocenters. The molecule has 0 saturated carbocycles. The summed E-state index contributed by atoms with van der Waals surface area (Å²) >= 11 is 0. The van der Waals surface area contributed by atoms with Gasteiger partial charge in [-0.05, 0) is 26.0 Å². The van der Waals surface area contributed by atoms with Crippen molar-refractivity contribution < 1.29 is 9.53 Å². The van der Waals surface area contributed by atoms with Crippen molar-refractivity contribution in [3.05, 3.63) is 24.5 Å². The van der Waals surface area contributed by atoms with E-state index >= 15 is 0 Å². The van der Waals surface area contributed by atoms with Crippen LogP contribution < -0.4 is 4.74 Å². The van der Waals surface area contributed by atoms with Gasteiger partial charge in [0.25, 0.3) is 0 Å². The molecule has 98 valence electrons. The van der Waals surface area contributed by atoms with Crippen molar-refractivity contribution in [3.8, 4) is 5.75 Å². The summed E-state index contributed by atoms with van der Waals surface area (Å²) in [5, 5.41) is 0. The first-order chi connectivity index (χ1) is 8.74. The summed E-state index contributed by atoms with van der Waals surface area (Å²) in [6.45, 7) is 6.80. The van der Waals surface area contributed by atoms with Crippen molar-refractivity contribution >= 4 is 6.03 Å². The van der Waals surface area contributed by atoms with Crippen LogP contribution in [-0.4, -0.2) is 53.1 Å². The second kappa shape index (κ2) is 5.71. The van der Waals surface area contributed by atoms with Crippen LogP contribution >= 0.6 is 0 Å². The summed E-state index contributed by atoms with van der Waals surface area (Å²) in [5.41, 5.74) is 0. The Bertz CT molecular complexity index is 386. The van der Waals surface area contributed by atoms with Crippen molar-refractivity contribution in [3.63, 3.8) is 0 Å². The number of ether oxygens (including phenoxy) is 1. The molecule has 1 aromatic rings. The molecule has 2 heterocycles. The average molecular weight is 249 g/mol. The van der Waals surface area contributed by atoms with Crippen molar-refractivity contribution in [1.82, 2.24) is 14.8 Å². The maximum atomic E-state index is 12.0. The number of hydrogen-bond donors (Lipinski definition) is 0. The van der Waals surface area contributed by atoms with E-state index in [-0.39, 0.29) is 12.1 Å². The van der Waals surface area contributed by atoms with Crippen molar-refractivity contribution in [2.24, 2.45) is 0 Å². The van der Waals surface area contributed by atoms with Gasteiger partial charge in [0.2, 0.25) is 0 Å². The highest BCUT2D eigenvalue weighted by Crippen LogP contribution is 2.18. The van der Waals surface area contributed by atoms with Crippen LogP contribution in [0.2, 0.25) is 0 Å². The van der Waals surface area contributed by atoms with Crippen molar-refractivity contribution in [1.29, 1.82) is 0 Å². The van der Waals surface area contributed by atoms with Crippen LogP contribution in [0, 0.1) is 0 Å². The first-order valence-corrected chi connectivity index (χ1v) is 6.35. The van der Waals surface area contributed by atoms with E-state index in [9.17, 15) is 4.79 Å². The fourth-order valence-electron chi connectivity index (χ4n) is 1.97. The number of rotatable bonds is 4. The van der Waals surface area contributed by atoms with Gasteiger partial charge in [0.05, 0.1) is 19.3 Å². The summed E-state index contributed by atoms with van der Waals surface area (Å²) in [6, 6.07) is 3.82. The molecule has 5 nitrogen and oxygen atoms in total. The molecule has 0 N–H and O–H groups in total. The monoisotopic (exact) mass is 249 g/mol. The number of amides is 2. The van der Waals surface area contributed by atoms with E-state index < -0.39 is 0 Å². The molecule has 0 radical (unpaired) electrons. The van der Waals surface area contributed by atoms with E-state index in [1.165, 1.54) is 0 Å². The van der Waals surface area contributed by atoms with Crippen LogP contribution in [0.4, 0.5) is 4.79 Å². The van der Waals surface area contributed by atoms with Crippen LogP contribution in [0.5, 0.6) is 5.75 Å². The smallest absolute Gasteiger partial charge is 0.320 e. The van der Waals surface area contributed by atoms with E-state index in [1.807, 2.05) is 35.8 Å². The Morgan fingerprint density at radius 2 is 2.22 bits per heavy atom. The molecule has 0 unspecified atom stereocenters. The minimum Gasteiger partial charge on any atom is -0.485 e. The molecule has 2 amide bonds. The lowest BCUT2D eigenvalue weighted by atomic mass is 10.2. The fourth-order valence-corrected chi connectivity index (χ4v) is 1.97. The summed E-state index contributed by atoms with van der Waals surface area (Å²) in [4.78, 5) is 19.6. The molecule has 0 aromatic carbocycles. The highest BCUT2D eigenvalue weighted by molar-refractivity contribution is 5.75. The lowest BCUT2D eigenvalue weighted by molar-refractivity contribution is 0.0317. The molecule has 1 aliphatic heterocycles. The second-order valence-electron chi connectivity index (χ2n) is 4.29. The van der Waals surface area contributed by atoms with Gasteiger partial charge in [0, 0.05) is 19.3 Å². The van der Waals surface area contributed by atoms with Crippen LogP contribution in [0.1, 0.15) is 13.8 Å². The standard InChI is InChI=1S/C13H19N3O2/c1-3-15(4-2)13(17)16-9-12(10-16)18-11-6-5-7-14-8-11/h5-8,12H,3-4,9-10H2,1-2H3. The molecule has 0 aliphatic carbocycles. The number of nitrogens with zero attached hydrogens (tertiary/aromatic N) is 3. The SMILES string of the molecule is CCN(CC)C(=O)N1CC(Oc2cccnc2)C1. The number of hydrogen-bond acceptors (Lipinski definition) is 3. The van der Waals surface area contributed by atoms with E-state index in [0.717, 1.165) is 18.8 Å². The average Bonchev–Trinajstić information content (AvgIpc) is 2.36. The van der Waals surface area contributed by atoms with Gasteiger partial charge in [0.1, 0.15) is 11.9 Å². The largest absolute Gasteiger partial charge is 0.485 e. The van der Waals surface area contributed by atoms with Gasteiger partial charge >= 0.3 is 6.03 Å². The quantitative estimate of drug-likeness (QED) is 0.814. The van der Waals surface area contributed by atoms with Gasteiger partial charge < -0.3 is 14.5 Å². The van der Waals surface area contributed by atoms with Crippen molar-refractivity contribution in [2.45, 2.75) is 20.0 Å². The number of urea groups is 1. The summed E-state index contributed by atoms with van der Waals surface area (Å²) in [6.07, 6.45) is 3.49. The molecular weight excluding hydrogens is 230 g/mol. The summed E-state index contributed by atoms with van der Waals surface area (Å²) in [7, 11) is 0. The zero-order valence-electron chi connectivity index (χ0n) is 10.9. The van der Waals surface area contributed by atoms with E-state index in [2.05, 4.69) is 4.98 Å². The molecule has 5 heteroatoms. The number of likely N-dealkylation sites (tertiary alicyclic amines) is 1. The molecule has 18 heavy (non-hydrogen) atoms. The normalized spacial score (nSPS) is 15.1. The topological polar surface area (TPSA) is 45.7 Å². The molecule has 1 fully saturated rings. The predicted octanol–water partition coefficient (Wildman–Crippen LogP) is 1.61. The Morgan fingerprint density at radius 1 is 1.50 bits per heavy atom. The van der Waals surface area contributed by atoms with Crippen LogP contribution in [0.3, 0.4) is 0 Å². The first-order valence-electron chi connectivity index (χ1n) is 6.35. The molecule has 1 saturated heterocycles. The summed E-state index contributed by atoms with van der Waals surface area (Å²) < 4.78 is 5.70. The van der Waals surface area contributed by atoms with Gasteiger partial charge in [-0.3, -0.25) is 4.98 Å². The minimum absolute atomic E-state index is 0.0914. The summed E-state index contributed by atoms with van der Waals surface area (Å²) in [5.74, 6) is 0.762. The first kappa shape index (κ1) is 12.7. The van der Waals surface area contributed by atoms with E-state index in [0.29, 0.717) is 13.1 Å². The second-order valence-corrected chi connectivity index (χ2v) is 4.29. The van der Waals surface area contributed by atoms with Crippen LogP contribution in [0.15, 0.2) is 24.5 Å². The zero-order valence-corrected chi connectivity index (χ0v) is 10.9. The lowest BCUT2D eigenvalue weighted by Gasteiger charge is -2.41. The fraction of sp³-hybridized carbons (Fsp3) is 0.538. The Kier molecular flexibility index (Phi) is 4.02. The Balaban J connectivity index is 1.79. The highest BCUT2D eigenvalue weighted by atomic mass is 16.5. The lowest BCUT2D eigenvalue weighted by Crippen LogP contribution is -2.59. The third kappa shape index (κ3) is 2.72. The van der Waals surface area contributed by atoms with Crippen LogP contribution in [-0.2, 0) is 0 Å². The van der Waals surface area contributed by atoms with Gasteiger partial charge in [-0.1, -0.05) is 0 Å². The van der Waals surface area contributed by atoms with Gasteiger partial charge in [0.15, 0.2) is 0 Å². The maximum absolute atomic E-state index is 12.0. The molecule has 0 bridgehead atoms. The van der Waals surface area contributed by atoms with E-state index in [1.54, 1.807) is 12.4 Å². The molecule has 1 aromatic heterocycles. The molecule has 2 rings (SSSR count). The molecular formula is C13H19N3O2. The predicted molar refractivity (Wildman–Crippen MR) is 68.5 cm³/mol. The molecule has 0 spiro atoms. The number of carbonyl (C=O) groups is 1. The third-order valence-electron chi connectivity index (χ3n) is 3.09. The minimum atomic E-state index is 0.0914. The maximum Gasteiger partial charge on any atom is 0.320 e. The van der Waals surface area contributed by atoms with E-state index in [4.69, 9.17) is 4.74 Å². The van der Waals surface area contributed by atoms with Gasteiger partial charge in [-0.15, -0.1) is 0 Å². The Labute approximate surface area is 107 Å². The number of aromatic nitrogens is 1. The zero-order chi connectivity index (χ0) is 13.0. The Hall–Kier alpha value is -1.78. The van der Waals surface area contributed by atoms with Crippen LogP contribution in [0.25, 0.3) is 0 Å². The third-order valence-corrected chi connectivity index (χ3v) is 3.09. The van der Waals surface area contributed by atoms with Gasteiger partial charge in [-0.25, -0.2) is 4.79 Å². The molecule has 1 aliphatic rings. The number of carbonyl (C=O) groups excluding carboxylic acids is 1. The highest BCUT2D eigenvalue weighted by Gasteiger charge is 2.34. The number of pyridine rings is 1. The van der Waals surface area contributed by atoms with Crippen molar-refractivity contribution in [2.75, 3.05) is 26.2 Å². The Morgan fingerprint density at radius 3 is 2.78 bits per heavy atom.